The van der Waals surface area contributed by atoms with E-state index in [0.29, 0.717) is 0 Å². The van der Waals surface area contributed by atoms with Crippen LogP contribution < -0.4 is 0 Å². The molecule has 0 saturated carbocycles. The fraction of sp³-hybridized carbons (Fsp3) is 0.333. The van der Waals surface area contributed by atoms with Crippen molar-refractivity contribution in [3.05, 3.63) is 48.0 Å². The molecule has 16 heavy (non-hydrogen) atoms. The summed E-state index contributed by atoms with van der Waals surface area (Å²) in [7, 11) is 0. The lowest BCUT2D eigenvalue weighted by atomic mass is 10.1. The summed E-state index contributed by atoms with van der Waals surface area (Å²) in [5.41, 5.74) is 1.32. The van der Waals surface area contributed by atoms with E-state index in [1.807, 2.05) is 11.8 Å². The average molecular weight is 232 g/mol. The predicted octanol–water partition coefficient (Wildman–Crippen LogP) is 4.91. The number of rotatable bonds is 2. The Bertz CT molecular complexity index is 418. The smallest absolute Gasteiger partial charge is 0.00729 e. The van der Waals surface area contributed by atoms with Gasteiger partial charge in [0, 0.05) is 0 Å². The van der Waals surface area contributed by atoms with Crippen LogP contribution in [0.5, 0.6) is 0 Å². The topological polar surface area (TPSA) is 0 Å². The van der Waals surface area contributed by atoms with Crippen LogP contribution in [-0.2, 0) is 0 Å². The van der Waals surface area contributed by atoms with Crippen LogP contribution in [0.3, 0.4) is 0 Å². The van der Waals surface area contributed by atoms with E-state index in [4.69, 9.17) is 0 Å². The number of thioether (sulfide) groups is 1. The maximum Gasteiger partial charge on any atom is -0.00729 e. The maximum atomic E-state index is 2.20. The van der Waals surface area contributed by atoms with Crippen LogP contribution in [0, 0.1) is 6.92 Å². The highest BCUT2D eigenvalue weighted by molar-refractivity contribution is 7.98. The summed E-state index contributed by atoms with van der Waals surface area (Å²) >= 11 is 1.90. The molecule has 0 nitrogen and oxygen atoms in total. The number of fused-ring (bicyclic) bond motifs is 1. The predicted molar refractivity (Wildman–Crippen MR) is 77.4 cm³/mol. The molecule has 0 N–H and O–H groups in total. The van der Waals surface area contributed by atoms with Gasteiger partial charge in [-0.15, -0.1) is 0 Å². The van der Waals surface area contributed by atoms with Crippen molar-refractivity contribution in [1.29, 1.82) is 0 Å². The van der Waals surface area contributed by atoms with Crippen molar-refractivity contribution in [2.45, 2.75) is 20.3 Å². The van der Waals surface area contributed by atoms with Crippen LogP contribution in [0.25, 0.3) is 10.8 Å². The van der Waals surface area contributed by atoms with Gasteiger partial charge in [0.15, 0.2) is 0 Å². The lowest BCUT2D eigenvalue weighted by Gasteiger charge is -1.96. The van der Waals surface area contributed by atoms with Gasteiger partial charge in [-0.3, -0.25) is 0 Å². The van der Waals surface area contributed by atoms with Crippen molar-refractivity contribution in [2.75, 3.05) is 12.0 Å². The van der Waals surface area contributed by atoms with E-state index in [1.54, 1.807) is 0 Å². The number of aryl methyl sites for hydroxylation is 1. The van der Waals surface area contributed by atoms with E-state index in [9.17, 15) is 0 Å². The molecule has 0 fully saturated rings. The summed E-state index contributed by atoms with van der Waals surface area (Å²) in [6, 6.07) is 14.9. The van der Waals surface area contributed by atoms with Gasteiger partial charge in [0.2, 0.25) is 0 Å². The Labute approximate surface area is 103 Å². The molecule has 0 bridgehead atoms. The molecular weight excluding hydrogens is 212 g/mol. The minimum atomic E-state index is 1.31. The summed E-state index contributed by atoms with van der Waals surface area (Å²) in [5, 5.41) is 2.64. The Kier molecular flexibility index (Phi) is 6.02. The van der Waals surface area contributed by atoms with Gasteiger partial charge in [-0.05, 0) is 36.1 Å². The number of hydrogen-bond acceptors (Lipinski definition) is 1. The van der Waals surface area contributed by atoms with Gasteiger partial charge >= 0.3 is 0 Å². The molecule has 2 rings (SSSR count). The first-order valence-corrected chi connectivity index (χ1v) is 7.11. The van der Waals surface area contributed by atoms with E-state index in [-0.39, 0.29) is 0 Å². The van der Waals surface area contributed by atoms with Crippen LogP contribution in [-0.4, -0.2) is 12.0 Å². The Balaban J connectivity index is 0.000000221. The zero-order valence-corrected chi connectivity index (χ0v) is 11.2. The van der Waals surface area contributed by atoms with Crippen LogP contribution in [0.1, 0.15) is 18.9 Å². The summed E-state index contributed by atoms with van der Waals surface area (Å²) < 4.78 is 0. The normalized spacial score (nSPS) is 9.69. The van der Waals surface area contributed by atoms with Crippen molar-refractivity contribution in [3.63, 3.8) is 0 Å². The van der Waals surface area contributed by atoms with Gasteiger partial charge in [0.1, 0.15) is 0 Å². The third-order valence-electron chi connectivity index (χ3n) is 2.31. The third-order valence-corrected chi connectivity index (χ3v) is 3.13. The number of hydrogen-bond donors (Lipinski definition) is 0. The monoisotopic (exact) mass is 232 g/mol. The first kappa shape index (κ1) is 13.1. The second-order valence-corrected chi connectivity index (χ2v) is 4.83. The SMILES string of the molecule is CCCSC.Cc1ccc2ccccc2c1. The summed E-state index contributed by atoms with van der Waals surface area (Å²) in [6.45, 7) is 4.31. The largest absolute Gasteiger partial charge is 0.165 e. The van der Waals surface area contributed by atoms with Crippen molar-refractivity contribution < 1.29 is 0 Å². The molecule has 0 heterocycles. The molecule has 2 aromatic rings. The van der Waals surface area contributed by atoms with Crippen molar-refractivity contribution in [3.8, 4) is 0 Å². The lowest BCUT2D eigenvalue weighted by molar-refractivity contribution is 1.11. The molecule has 0 aliphatic heterocycles. The zero-order chi connectivity index (χ0) is 11.8. The molecule has 0 amide bonds. The Morgan fingerprint density at radius 1 is 1.00 bits per heavy atom. The summed E-state index contributed by atoms with van der Waals surface area (Å²) in [4.78, 5) is 0. The molecule has 1 heteroatoms. The number of benzene rings is 2. The van der Waals surface area contributed by atoms with Crippen molar-refractivity contribution in [2.24, 2.45) is 0 Å². The fourth-order valence-corrected chi connectivity index (χ4v) is 1.92. The Morgan fingerprint density at radius 2 is 1.69 bits per heavy atom. The minimum Gasteiger partial charge on any atom is -0.165 e. The third kappa shape index (κ3) is 4.28. The fourth-order valence-electron chi connectivity index (χ4n) is 1.51. The van der Waals surface area contributed by atoms with E-state index >= 15 is 0 Å². The van der Waals surface area contributed by atoms with Crippen LogP contribution in [0.2, 0.25) is 0 Å². The van der Waals surface area contributed by atoms with Crippen LogP contribution in [0.4, 0.5) is 0 Å². The standard InChI is InChI=1S/C11H10.C4H10S/c1-9-6-7-10-4-2-3-5-11(10)8-9;1-3-4-5-2/h2-8H,1H3;3-4H2,1-2H3. The molecule has 0 atom stereocenters. The van der Waals surface area contributed by atoms with Crippen molar-refractivity contribution in [1.82, 2.24) is 0 Å². The quantitative estimate of drug-likeness (QED) is 0.709. The van der Waals surface area contributed by atoms with Gasteiger partial charge in [0.05, 0.1) is 0 Å². The molecule has 0 spiro atoms. The molecule has 0 aliphatic carbocycles. The van der Waals surface area contributed by atoms with Gasteiger partial charge in [-0.2, -0.15) is 11.8 Å². The second-order valence-electron chi connectivity index (χ2n) is 3.84. The first-order valence-electron chi connectivity index (χ1n) is 5.72. The van der Waals surface area contributed by atoms with Gasteiger partial charge < -0.3 is 0 Å². The molecule has 2 aromatic carbocycles. The summed E-state index contributed by atoms with van der Waals surface area (Å²) in [5.74, 6) is 1.31. The minimum absolute atomic E-state index is 1.31. The van der Waals surface area contributed by atoms with Crippen molar-refractivity contribution >= 4 is 22.5 Å². The van der Waals surface area contributed by atoms with Gasteiger partial charge in [-0.25, -0.2) is 0 Å². The van der Waals surface area contributed by atoms with E-state index in [0.717, 1.165) is 0 Å². The van der Waals surface area contributed by atoms with Crippen LogP contribution >= 0.6 is 11.8 Å². The van der Waals surface area contributed by atoms with E-state index in [1.165, 1.54) is 28.5 Å². The zero-order valence-electron chi connectivity index (χ0n) is 10.4. The molecule has 86 valence electrons. The lowest BCUT2D eigenvalue weighted by Crippen LogP contribution is -1.73. The molecule has 0 aliphatic rings. The Morgan fingerprint density at radius 3 is 2.25 bits per heavy atom. The first-order chi connectivity index (χ1) is 7.77. The molecule has 0 radical (unpaired) electrons. The van der Waals surface area contributed by atoms with Gasteiger partial charge in [-0.1, -0.05) is 55.0 Å². The highest BCUT2D eigenvalue weighted by Gasteiger charge is 1.89. The van der Waals surface area contributed by atoms with E-state index in [2.05, 4.69) is 62.6 Å². The molecule has 0 unspecified atom stereocenters. The molecule has 0 aromatic heterocycles. The Hall–Kier alpha value is -0.950. The maximum absolute atomic E-state index is 2.20. The highest BCUT2D eigenvalue weighted by atomic mass is 32.2. The van der Waals surface area contributed by atoms with Gasteiger partial charge in [0.25, 0.3) is 0 Å². The van der Waals surface area contributed by atoms with E-state index < -0.39 is 0 Å². The molecule has 0 saturated heterocycles. The molecular formula is C15H20S. The second kappa shape index (κ2) is 7.34. The highest BCUT2D eigenvalue weighted by Crippen LogP contribution is 2.14. The average Bonchev–Trinajstić information content (AvgIpc) is 2.31. The summed E-state index contributed by atoms with van der Waals surface area (Å²) in [6.07, 6.45) is 3.44. The van der Waals surface area contributed by atoms with Crippen LogP contribution in [0.15, 0.2) is 42.5 Å².